The van der Waals surface area contributed by atoms with Crippen LogP contribution >= 0.6 is 0 Å². The average molecular weight is 356 g/mol. The van der Waals surface area contributed by atoms with Gasteiger partial charge in [0.1, 0.15) is 0 Å². The molecule has 0 fully saturated rings. The van der Waals surface area contributed by atoms with Crippen LogP contribution in [0.15, 0.2) is 18.5 Å². The minimum absolute atomic E-state index is 0.0906. The fourth-order valence-electron chi connectivity index (χ4n) is 3.06. The van der Waals surface area contributed by atoms with Gasteiger partial charge in [-0.2, -0.15) is 10.2 Å². The molecule has 26 heavy (non-hydrogen) atoms. The molecule has 3 aromatic heterocycles. The first-order valence-electron chi connectivity index (χ1n) is 8.50. The zero-order chi connectivity index (χ0) is 18.8. The molecule has 138 valence electrons. The summed E-state index contributed by atoms with van der Waals surface area (Å²) in [4.78, 5) is 19.3. The highest BCUT2D eigenvalue weighted by Crippen LogP contribution is 2.18. The van der Waals surface area contributed by atoms with Crippen LogP contribution in [0.5, 0.6) is 0 Å². The van der Waals surface area contributed by atoms with Crippen molar-refractivity contribution in [1.82, 2.24) is 29.3 Å². The Labute approximate surface area is 152 Å². The van der Waals surface area contributed by atoms with E-state index in [2.05, 4.69) is 15.2 Å². The van der Waals surface area contributed by atoms with E-state index in [1.165, 1.54) is 0 Å². The van der Waals surface area contributed by atoms with Gasteiger partial charge in [-0.25, -0.2) is 9.50 Å². The number of fused-ring (bicyclic) bond motifs is 1. The number of rotatable bonds is 6. The minimum Gasteiger partial charge on any atom is -0.383 e. The third kappa shape index (κ3) is 3.20. The summed E-state index contributed by atoms with van der Waals surface area (Å²) in [6.45, 7) is 7.27. The van der Waals surface area contributed by atoms with Crippen molar-refractivity contribution in [2.24, 2.45) is 7.05 Å². The number of carbonyl (C=O) groups is 1. The Morgan fingerprint density at radius 2 is 2.04 bits per heavy atom. The molecule has 1 amide bonds. The first kappa shape index (κ1) is 18.1. The maximum atomic E-state index is 13.2. The molecule has 0 aliphatic heterocycles. The minimum atomic E-state index is -0.0906. The number of ether oxygens (including phenoxy) is 1. The Kier molecular flexibility index (Phi) is 5.03. The van der Waals surface area contributed by atoms with E-state index in [0.717, 1.165) is 28.3 Å². The molecule has 0 N–H and O–H groups in total. The molecule has 0 aliphatic rings. The SMILES string of the molecule is COCCN(Cc1c(C)nn(C)c1C)C(=O)c1cnc2ccnn2c1C. The topological polar surface area (TPSA) is 77.5 Å². The summed E-state index contributed by atoms with van der Waals surface area (Å²) in [5.74, 6) is -0.0906. The molecule has 0 aliphatic carbocycles. The Bertz CT molecular complexity index is 943. The molecular weight excluding hydrogens is 332 g/mol. The van der Waals surface area contributed by atoms with Gasteiger partial charge < -0.3 is 9.64 Å². The van der Waals surface area contributed by atoms with Crippen molar-refractivity contribution >= 4 is 11.6 Å². The van der Waals surface area contributed by atoms with E-state index >= 15 is 0 Å². The molecule has 8 nitrogen and oxygen atoms in total. The standard InChI is InChI=1S/C18H24N6O2/c1-12-16(13(2)22(4)21-12)11-23(8-9-26-5)18(25)15-10-19-17-6-7-20-24(17)14(15)3/h6-7,10H,8-9,11H2,1-5H3. The van der Waals surface area contributed by atoms with Crippen LogP contribution < -0.4 is 0 Å². The summed E-state index contributed by atoms with van der Waals surface area (Å²) in [5, 5.41) is 8.69. The third-order valence-corrected chi connectivity index (χ3v) is 4.75. The Balaban J connectivity index is 1.95. The molecule has 0 bridgehead atoms. The van der Waals surface area contributed by atoms with Crippen molar-refractivity contribution in [3.8, 4) is 0 Å². The van der Waals surface area contributed by atoms with Crippen LogP contribution in [0.1, 0.15) is 33.0 Å². The Morgan fingerprint density at radius 1 is 1.27 bits per heavy atom. The first-order valence-corrected chi connectivity index (χ1v) is 8.50. The summed E-state index contributed by atoms with van der Waals surface area (Å²) in [7, 11) is 3.54. The van der Waals surface area contributed by atoms with Crippen LogP contribution in [0.2, 0.25) is 0 Å². The highest BCUT2D eigenvalue weighted by Gasteiger charge is 2.22. The fourth-order valence-corrected chi connectivity index (χ4v) is 3.06. The van der Waals surface area contributed by atoms with Crippen molar-refractivity contribution in [3.05, 3.63) is 46.7 Å². The predicted molar refractivity (Wildman–Crippen MR) is 97.0 cm³/mol. The zero-order valence-corrected chi connectivity index (χ0v) is 15.9. The van der Waals surface area contributed by atoms with E-state index in [9.17, 15) is 4.79 Å². The largest absolute Gasteiger partial charge is 0.383 e. The van der Waals surface area contributed by atoms with Gasteiger partial charge >= 0.3 is 0 Å². The van der Waals surface area contributed by atoms with E-state index in [1.807, 2.05) is 38.6 Å². The molecule has 3 rings (SSSR count). The van der Waals surface area contributed by atoms with Crippen molar-refractivity contribution in [1.29, 1.82) is 0 Å². The van der Waals surface area contributed by atoms with Crippen LogP contribution in [0.3, 0.4) is 0 Å². The summed E-state index contributed by atoms with van der Waals surface area (Å²) in [5.41, 5.74) is 5.07. The summed E-state index contributed by atoms with van der Waals surface area (Å²) in [6.07, 6.45) is 3.30. The quantitative estimate of drug-likeness (QED) is 0.671. The van der Waals surface area contributed by atoms with Gasteiger partial charge in [0.25, 0.3) is 5.91 Å². The number of nitrogens with zero attached hydrogens (tertiary/aromatic N) is 6. The van der Waals surface area contributed by atoms with Gasteiger partial charge in [0, 0.05) is 50.8 Å². The van der Waals surface area contributed by atoms with Gasteiger partial charge in [-0.15, -0.1) is 0 Å². The maximum absolute atomic E-state index is 13.2. The summed E-state index contributed by atoms with van der Waals surface area (Å²) >= 11 is 0. The molecular formula is C18H24N6O2. The molecule has 0 saturated carbocycles. The lowest BCUT2D eigenvalue weighted by Crippen LogP contribution is -2.34. The molecule has 8 heteroatoms. The maximum Gasteiger partial charge on any atom is 0.257 e. The Morgan fingerprint density at radius 3 is 2.69 bits per heavy atom. The summed E-state index contributed by atoms with van der Waals surface area (Å²) < 4.78 is 8.72. The lowest BCUT2D eigenvalue weighted by molar-refractivity contribution is 0.0678. The van der Waals surface area contributed by atoms with E-state index in [1.54, 1.807) is 28.9 Å². The lowest BCUT2D eigenvalue weighted by Gasteiger charge is -2.23. The predicted octanol–water partition coefficient (Wildman–Crippen LogP) is 1.68. The second-order valence-electron chi connectivity index (χ2n) is 6.35. The smallest absolute Gasteiger partial charge is 0.257 e. The fraction of sp³-hybridized carbons (Fsp3) is 0.444. The van der Waals surface area contributed by atoms with E-state index in [0.29, 0.717) is 25.3 Å². The van der Waals surface area contributed by atoms with E-state index in [4.69, 9.17) is 4.74 Å². The van der Waals surface area contributed by atoms with Crippen molar-refractivity contribution < 1.29 is 9.53 Å². The van der Waals surface area contributed by atoms with Crippen LogP contribution in [0, 0.1) is 20.8 Å². The highest BCUT2D eigenvalue weighted by molar-refractivity contribution is 5.95. The van der Waals surface area contributed by atoms with Crippen LogP contribution in [-0.4, -0.2) is 55.4 Å². The lowest BCUT2D eigenvalue weighted by atomic mass is 10.1. The van der Waals surface area contributed by atoms with Crippen LogP contribution in [-0.2, 0) is 18.3 Å². The molecule has 0 atom stereocenters. The Hall–Kier alpha value is -2.74. The zero-order valence-electron chi connectivity index (χ0n) is 15.9. The normalized spacial score (nSPS) is 11.3. The first-order chi connectivity index (χ1) is 12.4. The van der Waals surface area contributed by atoms with Gasteiger partial charge in [0.15, 0.2) is 5.65 Å². The molecule has 3 aromatic rings. The number of amides is 1. The molecule has 3 heterocycles. The van der Waals surface area contributed by atoms with Crippen LogP contribution in [0.4, 0.5) is 0 Å². The third-order valence-electron chi connectivity index (χ3n) is 4.75. The summed E-state index contributed by atoms with van der Waals surface area (Å²) in [6, 6.07) is 1.81. The molecule has 0 aromatic carbocycles. The van der Waals surface area contributed by atoms with E-state index < -0.39 is 0 Å². The number of hydrogen-bond donors (Lipinski definition) is 0. The van der Waals surface area contributed by atoms with Gasteiger partial charge in [0.05, 0.1) is 29.8 Å². The molecule has 0 saturated heterocycles. The van der Waals surface area contributed by atoms with Crippen molar-refractivity contribution in [2.75, 3.05) is 20.3 Å². The van der Waals surface area contributed by atoms with Crippen molar-refractivity contribution in [2.45, 2.75) is 27.3 Å². The molecule has 0 unspecified atom stereocenters. The van der Waals surface area contributed by atoms with Gasteiger partial charge in [-0.05, 0) is 20.8 Å². The van der Waals surface area contributed by atoms with Gasteiger partial charge in [-0.1, -0.05) is 0 Å². The highest BCUT2D eigenvalue weighted by atomic mass is 16.5. The molecule has 0 spiro atoms. The van der Waals surface area contributed by atoms with Crippen LogP contribution in [0.25, 0.3) is 5.65 Å². The van der Waals surface area contributed by atoms with Gasteiger partial charge in [0.2, 0.25) is 0 Å². The number of aromatic nitrogens is 5. The van der Waals surface area contributed by atoms with Gasteiger partial charge in [-0.3, -0.25) is 9.48 Å². The number of methoxy groups -OCH3 is 1. The second-order valence-corrected chi connectivity index (χ2v) is 6.35. The monoisotopic (exact) mass is 356 g/mol. The van der Waals surface area contributed by atoms with Crippen molar-refractivity contribution in [3.63, 3.8) is 0 Å². The number of aryl methyl sites for hydroxylation is 3. The second kappa shape index (κ2) is 7.25. The molecule has 0 radical (unpaired) electrons. The average Bonchev–Trinajstić information content (AvgIpc) is 3.18. The number of hydrogen-bond acceptors (Lipinski definition) is 5. The van der Waals surface area contributed by atoms with E-state index in [-0.39, 0.29) is 5.91 Å². The number of carbonyl (C=O) groups excluding carboxylic acids is 1.